The summed E-state index contributed by atoms with van der Waals surface area (Å²) in [5.41, 5.74) is 1.94. The molecule has 0 saturated carbocycles. The number of benzene rings is 2. The number of halogens is 3. The Bertz CT molecular complexity index is 982. The summed E-state index contributed by atoms with van der Waals surface area (Å²) in [4.78, 5) is 27.7. The molecule has 0 heterocycles. The van der Waals surface area contributed by atoms with Crippen LogP contribution in [0.3, 0.4) is 0 Å². The lowest BCUT2D eigenvalue weighted by molar-refractivity contribution is -0.143. The first kappa shape index (κ1) is 27.5. The SMILES string of the molecule is CC[C@@H](C(=O)NC(C)C)N(Cc1ccc(Cl)c(Cl)c1)C(=O)COc1ccc(C(C)C)cc1Br. The van der Waals surface area contributed by atoms with Crippen molar-refractivity contribution in [2.24, 2.45) is 0 Å². The van der Waals surface area contributed by atoms with Gasteiger partial charge in [-0.1, -0.05) is 56.1 Å². The molecule has 0 aliphatic rings. The molecule has 2 rings (SSSR count). The molecule has 0 fully saturated rings. The molecule has 0 saturated heterocycles. The summed E-state index contributed by atoms with van der Waals surface area (Å²) >= 11 is 15.7. The molecule has 8 heteroatoms. The van der Waals surface area contributed by atoms with Gasteiger partial charge in [0.05, 0.1) is 14.5 Å². The average molecular weight is 558 g/mol. The van der Waals surface area contributed by atoms with Crippen molar-refractivity contribution in [1.29, 1.82) is 0 Å². The van der Waals surface area contributed by atoms with E-state index in [2.05, 4.69) is 35.1 Å². The van der Waals surface area contributed by atoms with Crippen molar-refractivity contribution in [3.63, 3.8) is 0 Å². The summed E-state index contributed by atoms with van der Waals surface area (Å²) in [5.74, 6) is 0.445. The minimum Gasteiger partial charge on any atom is -0.483 e. The maximum atomic E-state index is 13.3. The fourth-order valence-corrected chi connectivity index (χ4v) is 4.18. The van der Waals surface area contributed by atoms with Gasteiger partial charge in [-0.3, -0.25) is 9.59 Å². The molecule has 2 aromatic carbocycles. The van der Waals surface area contributed by atoms with Crippen LogP contribution >= 0.6 is 39.1 Å². The average Bonchev–Trinajstić information content (AvgIpc) is 2.74. The zero-order valence-electron chi connectivity index (χ0n) is 19.6. The van der Waals surface area contributed by atoms with Crippen LogP contribution in [-0.4, -0.2) is 35.4 Å². The molecule has 5 nitrogen and oxygen atoms in total. The minimum absolute atomic E-state index is 0.0415. The van der Waals surface area contributed by atoms with Gasteiger partial charge in [-0.25, -0.2) is 0 Å². The Morgan fingerprint density at radius 2 is 1.76 bits per heavy atom. The van der Waals surface area contributed by atoms with E-state index < -0.39 is 6.04 Å². The van der Waals surface area contributed by atoms with Gasteiger partial charge in [0.25, 0.3) is 5.91 Å². The first-order chi connectivity index (χ1) is 15.5. The Morgan fingerprint density at radius 3 is 2.30 bits per heavy atom. The zero-order valence-corrected chi connectivity index (χ0v) is 22.7. The second-order valence-corrected chi connectivity index (χ2v) is 10.2. The highest BCUT2D eigenvalue weighted by atomic mass is 79.9. The lowest BCUT2D eigenvalue weighted by atomic mass is 10.0. The van der Waals surface area contributed by atoms with Gasteiger partial charge >= 0.3 is 0 Å². The molecule has 0 radical (unpaired) electrons. The van der Waals surface area contributed by atoms with Crippen molar-refractivity contribution >= 4 is 50.9 Å². The molecule has 33 heavy (non-hydrogen) atoms. The molecule has 0 spiro atoms. The van der Waals surface area contributed by atoms with E-state index >= 15 is 0 Å². The molecule has 1 atom stereocenters. The van der Waals surface area contributed by atoms with Crippen LogP contribution in [0.1, 0.15) is 58.1 Å². The highest BCUT2D eigenvalue weighted by Gasteiger charge is 2.29. The lowest BCUT2D eigenvalue weighted by Crippen LogP contribution is -2.51. The van der Waals surface area contributed by atoms with E-state index in [9.17, 15) is 9.59 Å². The second kappa shape index (κ2) is 12.6. The maximum absolute atomic E-state index is 13.3. The molecule has 0 aromatic heterocycles. The van der Waals surface area contributed by atoms with Crippen molar-refractivity contribution < 1.29 is 14.3 Å². The number of carbonyl (C=O) groups is 2. The third-order valence-corrected chi connectivity index (χ3v) is 6.49. The topological polar surface area (TPSA) is 58.6 Å². The van der Waals surface area contributed by atoms with Crippen molar-refractivity contribution in [2.75, 3.05) is 6.61 Å². The van der Waals surface area contributed by atoms with Crippen LogP contribution in [0.2, 0.25) is 10.0 Å². The van der Waals surface area contributed by atoms with Crippen LogP contribution in [0.25, 0.3) is 0 Å². The first-order valence-electron chi connectivity index (χ1n) is 11.0. The smallest absolute Gasteiger partial charge is 0.261 e. The van der Waals surface area contributed by atoms with Gasteiger partial charge < -0.3 is 15.0 Å². The van der Waals surface area contributed by atoms with Gasteiger partial charge in [-0.15, -0.1) is 0 Å². The van der Waals surface area contributed by atoms with Gasteiger partial charge in [0, 0.05) is 12.6 Å². The Morgan fingerprint density at radius 1 is 1.06 bits per heavy atom. The normalized spacial score (nSPS) is 12.1. The van der Waals surface area contributed by atoms with Gasteiger partial charge in [-0.05, 0) is 77.5 Å². The third kappa shape index (κ3) is 7.90. The van der Waals surface area contributed by atoms with Crippen LogP contribution in [0.15, 0.2) is 40.9 Å². The molecular formula is C25H31BrCl2N2O3. The Kier molecular flexibility index (Phi) is 10.5. The van der Waals surface area contributed by atoms with Crippen molar-refractivity contribution in [2.45, 2.75) is 65.6 Å². The molecule has 0 unspecified atom stereocenters. The van der Waals surface area contributed by atoms with Crippen LogP contribution in [0.5, 0.6) is 5.75 Å². The van der Waals surface area contributed by atoms with Crippen LogP contribution in [-0.2, 0) is 16.1 Å². The first-order valence-corrected chi connectivity index (χ1v) is 12.5. The van der Waals surface area contributed by atoms with E-state index in [1.54, 1.807) is 18.2 Å². The molecule has 2 amide bonds. The number of nitrogens with one attached hydrogen (secondary N) is 1. The van der Waals surface area contributed by atoms with Crippen LogP contribution < -0.4 is 10.1 Å². The highest BCUT2D eigenvalue weighted by Crippen LogP contribution is 2.29. The Labute approximate surface area is 214 Å². The van der Waals surface area contributed by atoms with Crippen molar-refractivity contribution in [3.8, 4) is 5.75 Å². The summed E-state index contributed by atoms with van der Waals surface area (Å²) in [6.45, 7) is 9.87. The number of carbonyl (C=O) groups excluding carboxylic acids is 2. The standard InChI is InChI=1S/C25H31BrCl2N2O3/c1-6-22(25(32)29-16(4)5)30(13-17-7-9-20(27)21(28)11-17)24(31)14-33-23-10-8-18(15(2)3)12-19(23)26/h7-12,15-16,22H,6,13-14H2,1-5H3,(H,29,32)/t22-/m0/s1. The summed E-state index contributed by atoms with van der Waals surface area (Å²) < 4.78 is 6.61. The molecule has 2 aromatic rings. The van der Waals surface area contributed by atoms with Gasteiger partial charge in [0.15, 0.2) is 6.61 Å². The van der Waals surface area contributed by atoms with E-state index in [0.717, 1.165) is 15.6 Å². The number of ether oxygens (including phenoxy) is 1. The Balaban J connectivity index is 2.26. The maximum Gasteiger partial charge on any atom is 0.261 e. The third-order valence-electron chi connectivity index (χ3n) is 5.13. The van der Waals surface area contributed by atoms with E-state index in [4.69, 9.17) is 27.9 Å². The predicted octanol–water partition coefficient (Wildman–Crippen LogP) is 6.59. The summed E-state index contributed by atoms with van der Waals surface area (Å²) in [6.07, 6.45) is 0.457. The largest absolute Gasteiger partial charge is 0.483 e. The van der Waals surface area contributed by atoms with Crippen molar-refractivity contribution in [3.05, 3.63) is 62.0 Å². The van der Waals surface area contributed by atoms with Crippen molar-refractivity contribution in [1.82, 2.24) is 10.2 Å². The van der Waals surface area contributed by atoms with Gasteiger partial charge in [0.2, 0.25) is 5.91 Å². The summed E-state index contributed by atoms with van der Waals surface area (Å²) in [6, 6.07) is 10.3. The predicted molar refractivity (Wildman–Crippen MR) is 138 cm³/mol. The summed E-state index contributed by atoms with van der Waals surface area (Å²) in [7, 11) is 0. The molecular weight excluding hydrogens is 527 g/mol. The fraction of sp³-hybridized carbons (Fsp3) is 0.440. The highest BCUT2D eigenvalue weighted by molar-refractivity contribution is 9.10. The number of nitrogens with zero attached hydrogens (tertiary/aromatic N) is 1. The second-order valence-electron chi connectivity index (χ2n) is 8.49. The molecule has 0 aliphatic carbocycles. The number of rotatable bonds is 10. The number of hydrogen-bond donors (Lipinski definition) is 1. The molecule has 0 aliphatic heterocycles. The number of amides is 2. The summed E-state index contributed by atoms with van der Waals surface area (Å²) in [5, 5.41) is 3.73. The minimum atomic E-state index is -0.648. The molecule has 0 bridgehead atoms. The van der Waals surface area contributed by atoms with E-state index in [1.165, 1.54) is 4.90 Å². The van der Waals surface area contributed by atoms with Gasteiger partial charge in [0.1, 0.15) is 11.8 Å². The zero-order chi connectivity index (χ0) is 24.7. The van der Waals surface area contributed by atoms with E-state index in [0.29, 0.717) is 28.1 Å². The van der Waals surface area contributed by atoms with Gasteiger partial charge in [-0.2, -0.15) is 0 Å². The monoisotopic (exact) mass is 556 g/mol. The quantitative estimate of drug-likeness (QED) is 0.358. The molecule has 1 N–H and O–H groups in total. The lowest BCUT2D eigenvalue weighted by Gasteiger charge is -2.31. The Hall–Kier alpha value is -1.76. The van der Waals surface area contributed by atoms with Crippen LogP contribution in [0.4, 0.5) is 0 Å². The van der Waals surface area contributed by atoms with E-state index in [-0.39, 0.29) is 31.0 Å². The van der Waals surface area contributed by atoms with Crippen LogP contribution in [0, 0.1) is 0 Å². The fourth-order valence-electron chi connectivity index (χ4n) is 3.35. The molecule has 180 valence electrons. The number of hydrogen-bond acceptors (Lipinski definition) is 3. The van der Waals surface area contributed by atoms with E-state index in [1.807, 2.05) is 39.0 Å².